The molecule has 144 valence electrons. The molecule has 1 saturated carbocycles. The van der Waals surface area contributed by atoms with Gasteiger partial charge in [0.2, 0.25) is 6.41 Å². The Bertz CT molecular complexity index is 1170. The molecule has 1 aliphatic rings. The highest BCUT2D eigenvalue weighted by molar-refractivity contribution is 6.35. The van der Waals surface area contributed by atoms with Crippen LogP contribution in [0.5, 0.6) is 0 Å². The van der Waals surface area contributed by atoms with E-state index in [0.29, 0.717) is 40.0 Å². The normalized spacial score (nSPS) is 12.5. The quantitative estimate of drug-likeness (QED) is 0.451. The molecule has 0 spiro atoms. The van der Waals surface area contributed by atoms with E-state index >= 15 is 0 Å². The lowest BCUT2D eigenvalue weighted by Crippen LogP contribution is -1.98. The highest BCUT2D eigenvalue weighted by Crippen LogP contribution is 2.40. The summed E-state index contributed by atoms with van der Waals surface area (Å²) >= 11 is 6.27. The highest BCUT2D eigenvalue weighted by atomic mass is 35.5. The number of nitrogens with zero attached hydrogens (tertiary/aromatic N) is 4. The molecular formula is C18H17ClFN7O. The first-order valence-electron chi connectivity index (χ1n) is 8.71. The maximum absolute atomic E-state index is 14.6. The number of imidazole rings is 1. The zero-order valence-corrected chi connectivity index (χ0v) is 15.7. The van der Waals surface area contributed by atoms with Crippen LogP contribution < -0.4 is 10.6 Å². The molecule has 1 aromatic carbocycles. The monoisotopic (exact) mass is 401 g/mol. The third-order valence-electron chi connectivity index (χ3n) is 4.20. The largest absolute Gasteiger partial charge is 0.384 e. The third kappa shape index (κ3) is 3.24. The number of aromatic nitrogens is 5. The van der Waals surface area contributed by atoms with Gasteiger partial charge in [-0.1, -0.05) is 30.9 Å². The standard InChI is InChI=1S/C15H11ClFN7O.C3H6/c1-18-15-13(17)12(16)11(7-2-21-23-14(7)15)8-4-24-5-9(20-6-25)22-10(24)3-19-8;1-2-3-1/h2-6,18H,1H3,(H,20,25)(H,21,23);1-3H2. The van der Waals surface area contributed by atoms with Crippen molar-refractivity contribution in [2.24, 2.45) is 0 Å². The molecule has 0 unspecified atom stereocenters. The van der Waals surface area contributed by atoms with Gasteiger partial charge in [-0.25, -0.2) is 9.37 Å². The Labute approximate surface area is 164 Å². The van der Waals surface area contributed by atoms with Crippen LogP contribution in [0, 0.1) is 5.82 Å². The minimum absolute atomic E-state index is 0.0588. The van der Waals surface area contributed by atoms with Crippen LogP contribution in [0.1, 0.15) is 19.3 Å². The molecule has 0 radical (unpaired) electrons. The van der Waals surface area contributed by atoms with Crippen molar-refractivity contribution in [3.8, 4) is 11.3 Å². The van der Waals surface area contributed by atoms with E-state index in [4.69, 9.17) is 11.6 Å². The van der Waals surface area contributed by atoms with Gasteiger partial charge in [-0.05, 0) is 0 Å². The summed E-state index contributed by atoms with van der Waals surface area (Å²) in [5, 5.41) is 12.6. The Kier molecular flexibility index (Phi) is 4.82. The summed E-state index contributed by atoms with van der Waals surface area (Å²) in [6.45, 7) is 0. The van der Waals surface area contributed by atoms with Crippen molar-refractivity contribution in [1.29, 1.82) is 0 Å². The molecule has 28 heavy (non-hydrogen) atoms. The van der Waals surface area contributed by atoms with E-state index in [9.17, 15) is 9.18 Å². The van der Waals surface area contributed by atoms with E-state index in [2.05, 4.69) is 30.8 Å². The second-order valence-corrected chi connectivity index (χ2v) is 6.65. The third-order valence-corrected chi connectivity index (χ3v) is 4.55. The number of carbonyl (C=O) groups excluding carboxylic acids is 1. The average molecular weight is 402 g/mol. The first-order valence-corrected chi connectivity index (χ1v) is 9.09. The number of amides is 1. The maximum Gasteiger partial charge on any atom is 0.212 e. The Hall–Kier alpha value is -3.20. The molecule has 1 amide bonds. The topological polar surface area (TPSA) is 100 Å². The van der Waals surface area contributed by atoms with Crippen LogP contribution in [-0.4, -0.2) is 38.0 Å². The van der Waals surface area contributed by atoms with Crippen LogP contribution in [0.4, 0.5) is 15.9 Å². The summed E-state index contributed by atoms with van der Waals surface area (Å²) in [7, 11) is 1.60. The lowest BCUT2D eigenvalue weighted by molar-refractivity contribution is -0.105. The predicted molar refractivity (Wildman–Crippen MR) is 106 cm³/mol. The van der Waals surface area contributed by atoms with Crippen LogP contribution in [0.3, 0.4) is 0 Å². The molecule has 5 rings (SSSR count). The van der Waals surface area contributed by atoms with E-state index in [1.54, 1.807) is 30.0 Å². The van der Waals surface area contributed by atoms with Crippen LogP contribution in [0.15, 0.2) is 24.8 Å². The van der Waals surface area contributed by atoms with Gasteiger partial charge >= 0.3 is 0 Å². The molecule has 0 saturated heterocycles. The number of benzene rings is 1. The first-order chi connectivity index (χ1) is 13.6. The number of H-pyrrole nitrogens is 1. The second kappa shape index (κ2) is 7.43. The van der Waals surface area contributed by atoms with E-state index < -0.39 is 5.82 Å². The van der Waals surface area contributed by atoms with E-state index in [1.807, 2.05) is 0 Å². The molecule has 3 N–H and O–H groups in total. The van der Waals surface area contributed by atoms with E-state index in [1.165, 1.54) is 25.5 Å². The number of halogens is 2. The van der Waals surface area contributed by atoms with Gasteiger partial charge in [0.1, 0.15) is 0 Å². The number of carbonyl (C=O) groups is 1. The number of fused-ring (bicyclic) bond motifs is 2. The van der Waals surface area contributed by atoms with Gasteiger partial charge in [-0.15, -0.1) is 0 Å². The number of hydrogen-bond acceptors (Lipinski definition) is 5. The Morgan fingerprint density at radius 1 is 1.29 bits per heavy atom. The van der Waals surface area contributed by atoms with Gasteiger partial charge in [-0.2, -0.15) is 5.10 Å². The minimum atomic E-state index is -0.591. The zero-order valence-electron chi connectivity index (χ0n) is 15.0. The summed E-state index contributed by atoms with van der Waals surface area (Å²) in [6, 6.07) is 0. The number of anilines is 2. The second-order valence-electron chi connectivity index (χ2n) is 6.27. The highest BCUT2D eigenvalue weighted by Gasteiger charge is 2.21. The van der Waals surface area contributed by atoms with Gasteiger partial charge in [0.05, 0.1) is 40.5 Å². The summed E-state index contributed by atoms with van der Waals surface area (Å²) in [5.74, 6) is -0.211. The van der Waals surface area contributed by atoms with Crippen molar-refractivity contribution in [3.63, 3.8) is 0 Å². The van der Waals surface area contributed by atoms with Gasteiger partial charge in [0.25, 0.3) is 0 Å². The summed E-state index contributed by atoms with van der Waals surface area (Å²) < 4.78 is 16.3. The fourth-order valence-corrected chi connectivity index (χ4v) is 3.05. The van der Waals surface area contributed by atoms with E-state index in [0.717, 1.165) is 0 Å². The fraction of sp³-hybridized carbons (Fsp3) is 0.222. The first kappa shape index (κ1) is 18.2. The zero-order chi connectivity index (χ0) is 19.7. The number of rotatable bonds is 4. The molecule has 10 heteroatoms. The molecule has 0 atom stereocenters. The van der Waals surface area contributed by atoms with Crippen LogP contribution in [0.2, 0.25) is 5.02 Å². The predicted octanol–water partition coefficient (Wildman–Crippen LogP) is 3.85. The van der Waals surface area contributed by atoms with Crippen molar-refractivity contribution >= 4 is 46.1 Å². The van der Waals surface area contributed by atoms with E-state index in [-0.39, 0.29) is 10.7 Å². The van der Waals surface area contributed by atoms with Crippen molar-refractivity contribution in [1.82, 2.24) is 24.6 Å². The number of aromatic amines is 1. The van der Waals surface area contributed by atoms with Crippen molar-refractivity contribution < 1.29 is 9.18 Å². The molecule has 1 aliphatic carbocycles. The van der Waals surface area contributed by atoms with Crippen molar-refractivity contribution in [3.05, 3.63) is 35.6 Å². The Morgan fingerprint density at radius 3 is 2.75 bits per heavy atom. The molecule has 0 aliphatic heterocycles. The Balaban J connectivity index is 0.000000586. The van der Waals surface area contributed by atoms with Crippen LogP contribution in [-0.2, 0) is 4.79 Å². The minimum Gasteiger partial charge on any atom is -0.384 e. The van der Waals surface area contributed by atoms with Gasteiger partial charge in [0.15, 0.2) is 17.3 Å². The molecular weight excluding hydrogens is 385 g/mol. The lowest BCUT2D eigenvalue weighted by atomic mass is 10.1. The average Bonchev–Trinajstić information content (AvgIpc) is 3.41. The number of nitrogens with one attached hydrogen (secondary N) is 3. The van der Waals surface area contributed by atoms with Crippen molar-refractivity contribution in [2.45, 2.75) is 19.3 Å². The van der Waals surface area contributed by atoms with Crippen molar-refractivity contribution in [2.75, 3.05) is 17.7 Å². The molecule has 0 bridgehead atoms. The molecule has 8 nitrogen and oxygen atoms in total. The molecule has 1 fully saturated rings. The van der Waals surface area contributed by atoms with Crippen LogP contribution in [0.25, 0.3) is 27.8 Å². The maximum atomic E-state index is 14.6. The lowest BCUT2D eigenvalue weighted by Gasteiger charge is -2.11. The number of hydrogen-bond donors (Lipinski definition) is 3. The van der Waals surface area contributed by atoms with Gasteiger partial charge in [0, 0.05) is 24.2 Å². The summed E-state index contributed by atoms with van der Waals surface area (Å²) in [5.41, 5.74) is 2.13. The summed E-state index contributed by atoms with van der Waals surface area (Å²) in [4.78, 5) is 19.1. The molecule has 3 heterocycles. The SMILES string of the molecule is C1CC1.CNc1c(F)c(Cl)c(-c2cn3cc(NC=O)nc3cn2)c2cn[nH]c12. The fourth-order valence-electron chi connectivity index (χ4n) is 2.76. The smallest absolute Gasteiger partial charge is 0.212 e. The molecule has 4 aromatic rings. The molecule has 3 aromatic heterocycles. The summed E-state index contributed by atoms with van der Waals surface area (Å²) in [6.07, 6.45) is 11.4. The Morgan fingerprint density at radius 2 is 2.07 bits per heavy atom. The van der Waals surface area contributed by atoms with Gasteiger partial charge in [-0.3, -0.25) is 14.9 Å². The van der Waals surface area contributed by atoms with Gasteiger partial charge < -0.3 is 15.0 Å². The van der Waals surface area contributed by atoms with Crippen LogP contribution >= 0.6 is 11.6 Å².